The van der Waals surface area contributed by atoms with Crippen LogP contribution in [0.4, 0.5) is 23.5 Å². The summed E-state index contributed by atoms with van der Waals surface area (Å²) in [5.74, 6) is 1.73. The molecule has 2 rings (SSSR count). The van der Waals surface area contributed by atoms with E-state index >= 15 is 0 Å². The number of anilines is 4. The zero-order chi connectivity index (χ0) is 15.4. The molecule has 0 aliphatic rings. The Labute approximate surface area is 125 Å². The van der Waals surface area contributed by atoms with E-state index in [2.05, 4.69) is 45.5 Å². The second-order valence-corrected chi connectivity index (χ2v) is 5.08. The van der Waals surface area contributed by atoms with Gasteiger partial charge in [0.15, 0.2) is 0 Å². The van der Waals surface area contributed by atoms with E-state index in [1.807, 2.05) is 38.1 Å². The van der Waals surface area contributed by atoms with Crippen molar-refractivity contribution in [2.24, 2.45) is 0 Å². The summed E-state index contributed by atoms with van der Waals surface area (Å²) in [5.41, 5.74) is 3.43. The molecule has 0 amide bonds. The molecule has 0 fully saturated rings. The summed E-state index contributed by atoms with van der Waals surface area (Å²) in [7, 11) is 3.82. The fourth-order valence-corrected chi connectivity index (χ4v) is 1.86. The Morgan fingerprint density at radius 1 is 1.05 bits per heavy atom. The van der Waals surface area contributed by atoms with Gasteiger partial charge in [0.2, 0.25) is 17.8 Å². The third-order valence-corrected chi connectivity index (χ3v) is 3.21. The van der Waals surface area contributed by atoms with Crippen LogP contribution in [0.5, 0.6) is 0 Å². The molecule has 0 atom stereocenters. The van der Waals surface area contributed by atoms with E-state index in [0.29, 0.717) is 17.8 Å². The minimum absolute atomic E-state index is 0.540. The van der Waals surface area contributed by atoms with E-state index < -0.39 is 0 Å². The molecule has 1 heterocycles. The molecule has 1 aromatic heterocycles. The standard InChI is InChI=1S/C15H22N6/c1-6-16-13-18-14(20-15(19-13)21(4)5)17-12-9-7-8-10(2)11(12)3/h7-9H,6H2,1-5H3,(H2,16,17,18,19,20). The average Bonchev–Trinajstić information content (AvgIpc) is 2.44. The molecular formula is C15H22N6. The molecule has 6 heteroatoms. The number of nitrogens with one attached hydrogen (secondary N) is 2. The van der Waals surface area contributed by atoms with Gasteiger partial charge in [0, 0.05) is 26.3 Å². The second kappa shape index (κ2) is 6.39. The highest BCUT2D eigenvalue weighted by atomic mass is 15.3. The topological polar surface area (TPSA) is 66.0 Å². The summed E-state index contributed by atoms with van der Waals surface area (Å²) in [4.78, 5) is 15.0. The Kier molecular flexibility index (Phi) is 4.57. The highest BCUT2D eigenvalue weighted by Gasteiger charge is 2.09. The Morgan fingerprint density at radius 2 is 1.76 bits per heavy atom. The van der Waals surface area contributed by atoms with Gasteiger partial charge in [0.05, 0.1) is 0 Å². The predicted octanol–water partition coefficient (Wildman–Crippen LogP) is 2.73. The second-order valence-electron chi connectivity index (χ2n) is 5.08. The lowest BCUT2D eigenvalue weighted by atomic mass is 10.1. The third-order valence-electron chi connectivity index (χ3n) is 3.21. The summed E-state index contributed by atoms with van der Waals surface area (Å²) in [5, 5.41) is 6.40. The molecule has 1 aromatic carbocycles. The van der Waals surface area contributed by atoms with Gasteiger partial charge < -0.3 is 15.5 Å². The average molecular weight is 286 g/mol. The molecule has 112 valence electrons. The van der Waals surface area contributed by atoms with Crippen LogP contribution < -0.4 is 15.5 Å². The lowest BCUT2D eigenvalue weighted by Crippen LogP contribution is -2.16. The summed E-state index contributed by atoms with van der Waals surface area (Å²) in [6.07, 6.45) is 0. The molecule has 0 spiro atoms. The maximum absolute atomic E-state index is 4.43. The largest absolute Gasteiger partial charge is 0.354 e. The van der Waals surface area contributed by atoms with Crippen molar-refractivity contribution in [1.82, 2.24) is 15.0 Å². The lowest BCUT2D eigenvalue weighted by molar-refractivity contribution is 0.953. The lowest BCUT2D eigenvalue weighted by Gasteiger charge is -2.15. The van der Waals surface area contributed by atoms with E-state index in [-0.39, 0.29) is 0 Å². The van der Waals surface area contributed by atoms with E-state index in [1.54, 1.807) is 0 Å². The smallest absolute Gasteiger partial charge is 0.233 e. The van der Waals surface area contributed by atoms with Crippen LogP contribution in [0.15, 0.2) is 18.2 Å². The molecule has 6 nitrogen and oxygen atoms in total. The van der Waals surface area contributed by atoms with Gasteiger partial charge in [-0.3, -0.25) is 0 Å². The summed E-state index contributed by atoms with van der Waals surface area (Å²) in [6, 6.07) is 6.13. The van der Waals surface area contributed by atoms with Gasteiger partial charge in [-0.25, -0.2) is 0 Å². The highest BCUT2D eigenvalue weighted by Crippen LogP contribution is 2.22. The van der Waals surface area contributed by atoms with Crippen LogP contribution in [-0.2, 0) is 0 Å². The normalized spacial score (nSPS) is 10.3. The number of rotatable bonds is 5. The molecule has 21 heavy (non-hydrogen) atoms. The van der Waals surface area contributed by atoms with Crippen molar-refractivity contribution < 1.29 is 0 Å². The van der Waals surface area contributed by atoms with Crippen molar-refractivity contribution in [3.05, 3.63) is 29.3 Å². The molecule has 0 aliphatic carbocycles. The Balaban J connectivity index is 2.36. The predicted molar refractivity (Wildman–Crippen MR) is 87.5 cm³/mol. The Bertz CT molecular complexity index is 624. The minimum atomic E-state index is 0.540. The summed E-state index contributed by atoms with van der Waals surface area (Å²) in [6.45, 7) is 6.94. The van der Waals surface area contributed by atoms with Crippen molar-refractivity contribution in [2.75, 3.05) is 36.2 Å². The quantitative estimate of drug-likeness (QED) is 0.881. The first-order valence-corrected chi connectivity index (χ1v) is 7.01. The molecular weight excluding hydrogens is 264 g/mol. The van der Waals surface area contributed by atoms with Gasteiger partial charge in [0.25, 0.3) is 0 Å². The number of hydrogen-bond donors (Lipinski definition) is 2. The zero-order valence-electron chi connectivity index (χ0n) is 13.2. The molecule has 0 unspecified atom stereocenters. The number of benzene rings is 1. The Hall–Kier alpha value is -2.37. The van der Waals surface area contributed by atoms with Crippen LogP contribution in [0.25, 0.3) is 0 Å². The van der Waals surface area contributed by atoms with Gasteiger partial charge in [-0.05, 0) is 38.0 Å². The highest BCUT2D eigenvalue weighted by molar-refractivity contribution is 5.61. The van der Waals surface area contributed by atoms with Crippen molar-refractivity contribution in [3.63, 3.8) is 0 Å². The first-order valence-electron chi connectivity index (χ1n) is 7.01. The molecule has 2 N–H and O–H groups in total. The number of aryl methyl sites for hydroxylation is 1. The maximum atomic E-state index is 4.43. The fraction of sp³-hybridized carbons (Fsp3) is 0.400. The van der Waals surface area contributed by atoms with Crippen molar-refractivity contribution in [1.29, 1.82) is 0 Å². The number of nitrogens with zero attached hydrogens (tertiary/aromatic N) is 4. The number of aromatic nitrogens is 3. The molecule has 0 radical (unpaired) electrons. The van der Waals surface area contributed by atoms with Crippen LogP contribution in [0, 0.1) is 13.8 Å². The van der Waals surface area contributed by atoms with Crippen LogP contribution in [-0.4, -0.2) is 35.6 Å². The van der Waals surface area contributed by atoms with Crippen molar-refractivity contribution in [3.8, 4) is 0 Å². The van der Waals surface area contributed by atoms with E-state index in [9.17, 15) is 0 Å². The van der Waals surface area contributed by atoms with Crippen molar-refractivity contribution in [2.45, 2.75) is 20.8 Å². The van der Waals surface area contributed by atoms with Crippen LogP contribution in [0.3, 0.4) is 0 Å². The molecule has 0 saturated heterocycles. The fourth-order valence-electron chi connectivity index (χ4n) is 1.86. The molecule has 0 aliphatic heterocycles. The molecule has 0 saturated carbocycles. The summed E-state index contributed by atoms with van der Waals surface area (Å²) < 4.78 is 0. The van der Waals surface area contributed by atoms with Gasteiger partial charge in [-0.15, -0.1) is 0 Å². The molecule has 0 bridgehead atoms. The number of hydrogen-bond acceptors (Lipinski definition) is 6. The van der Waals surface area contributed by atoms with Crippen LogP contribution >= 0.6 is 0 Å². The van der Waals surface area contributed by atoms with Crippen LogP contribution in [0.1, 0.15) is 18.1 Å². The molecule has 2 aromatic rings. The monoisotopic (exact) mass is 286 g/mol. The maximum Gasteiger partial charge on any atom is 0.233 e. The minimum Gasteiger partial charge on any atom is -0.354 e. The Morgan fingerprint density at radius 3 is 2.43 bits per heavy atom. The first-order chi connectivity index (χ1) is 10.0. The van der Waals surface area contributed by atoms with Gasteiger partial charge in [0.1, 0.15) is 0 Å². The SMILES string of the molecule is CCNc1nc(Nc2cccc(C)c2C)nc(N(C)C)n1. The van der Waals surface area contributed by atoms with Crippen LogP contribution in [0.2, 0.25) is 0 Å². The summed E-state index contributed by atoms with van der Waals surface area (Å²) >= 11 is 0. The van der Waals surface area contributed by atoms with E-state index in [0.717, 1.165) is 12.2 Å². The first kappa shape index (κ1) is 15.0. The van der Waals surface area contributed by atoms with Gasteiger partial charge in [-0.1, -0.05) is 12.1 Å². The zero-order valence-corrected chi connectivity index (χ0v) is 13.2. The van der Waals surface area contributed by atoms with Crippen molar-refractivity contribution >= 4 is 23.5 Å². The third kappa shape index (κ3) is 3.59. The van der Waals surface area contributed by atoms with E-state index in [4.69, 9.17) is 0 Å². The van der Waals surface area contributed by atoms with Gasteiger partial charge >= 0.3 is 0 Å². The van der Waals surface area contributed by atoms with Gasteiger partial charge in [-0.2, -0.15) is 15.0 Å². The van der Waals surface area contributed by atoms with E-state index in [1.165, 1.54) is 11.1 Å².